The van der Waals surface area contributed by atoms with E-state index in [1.165, 1.54) is 68.4 Å². The Morgan fingerprint density at radius 2 is 0.722 bits per heavy atom. The molecule has 16 heteroatoms. The highest BCUT2D eigenvalue weighted by Crippen LogP contribution is 2.71. The fourth-order valence-electron chi connectivity index (χ4n) is 20.0. The molecule has 0 unspecified atom stereocenters. The average molecular weight is 1740 g/mol. The van der Waals surface area contributed by atoms with E-state index in [-0.39, 0.29) is 61.7 Å². The molecule has 634 valence electrons. The van der Waals surface area contributed by atoms with E-state index >= 15 is 27.2 Å². The molecule has 0 atom stereocenters. The highest BCUT2D eigenvalue weighted by Gasteiger charge is 2.55. The number of Topliss-reactive ketones (excluding diaryl/α,β-unsaturated/α-hetero) is 2. The fourth-order valence-corrected chi connectivity index (χ4v) is 25.3. The van der Waals surface area contributed by atoms with E-state index in [1.807, 2.05) is 0 Å². The predicted molar refractivity (Wildman–Crippen MR) is 510 cm³/mol. The van der Waals surface area contributed by atoms with Crippen molar-refractivity contribution in [3.63, 3.8) is 0 Å². The summed E-state index contributed by atoms with van der Waals surface area (Å²) in [6, 6.07) is 55.1. The Morgan fingerprint density at radius 1 is 0.405 bits per heavy atom. The zero-order valence-corrected chi connectivity index (χ0v) is 75.1. The number of carbonyl (C=O) groups is 2. The summed E-state index contributed by atoms with van der Waals surface area (Å²) >= 11 is 6.11. The van der Waals surface area contributed by atoms with Gasteiger partial charge in [0.15, 0.2) is 34.8 Å². The van der Waals surface area contributed by atoms with Crippen LogP contribution in [0.4, 0.5) is 17.6 Å². The number of hydrogen-bond donors (Lipinski definition) is 1. The third-order valence-corrected chi connectivity index (χ3v) is 31.2. The molecule has 4 heterocycles. The molecule has 4 aromatic heterocycles. The number of aryl methyl sites for hydroxylation is 4. The number of phenolic OH excluding ortho intramolecular Hbond substituents is 1. The lowest BCUT2D eigenvalue weighted by atomic mass is 9.66. The van der Waals surface area contributed by atoms with Crippen molar-refractivity contribution in [3.05, 3.63) is 325 Å². The van der Waals surface area contributed by atoms with Crippen molar-refractivity contribution in [1.82, 2.24) is 0 Å². The second kappa shape index (κ2) is 37.1. The number of halogens is 4. The topological polar surface area (TPSA) is 120 Å². The smallest absolute Gasteiger partial charge is 0.270 e. The van der Waals surface area contributed by atoms with Gasteiger partial charge in [-0.3, -0.25) is 9.59 Å². The number of ketones is 2. The molecule has 1 N–H and O–H groups in total. The lowest BCUT2D eigenvalue weighted by Crippen LogP contribution is -2.29. The van der Waals surface area contributed by atoms with Gasteiger partial charge in [0.1, 0.15) is 11.5 Å². The number of nitriles is 2. The standard InChI is InChI=1S/C110H98F4N4O4S4/c1-8-13-18-23-24-29-50-122-102-96-98-108(104-86(110(98,75-46-38-67(39-47-75)32-27-21-16-11-4)76-48-40-68(41-49-76)33-28-22-17-12-5)62-78(124-104)60-84-94(92(64-116)118-7)80-52-70-56-88(112)90(114)58-72(70)54-82(80)100(84)120)125-105(96)101(121)95-97-107(126-106(95)102)103-85(109(97,73-42-34-65(35-43-73)30-25-19-14-9-2)74-44-36-66(37-45-74)31-26-20-15-10-3)61-77(123-103)59-83-93(91(63-115)117-6)79-51-69-55-87(111)89(113)57-71(69)53-81(79)99(83)119/h34-49,51-62,121H,8-33,50H2,1-5H3/b83-59-,84-60-,93-91-,94-92+. The van der Waals surface area contributed by atoms with Gasteiger partial charge < -0.3 is 9.84 Å². The Bertz CT molecular complexity index is 6490. The number of phenols is 1. The van der Waals surface area contributed by atoms with E-state index in [2.05, 4.69) is 166 Å². The van der Waals surface area contributed by atoms with Crippen LogP contribution in [0.3, 0.4) is 0 Å². The number of benzene rings is 9. The van der Waals surface area contributed by atoms with Crippen molar-refractivity contribution < 1.29 is 37.0 Å². The first-order valence-corrected chi connectivity index (χ1v) is 48.3. The molecule has 0 radical (unpaired) electrons. The molecule has 0 fully saturated rings. The zero-order chi connectivity index (χ0) is 87.7. The van der Waals surface area contributed by atoms with Gasteiger partial charge in [-0.2, -0.15) is 0 Å². The molecule has 9 aromatic carbocycles. The first-order valence-electron chi connectivity index (χ1n) is 45.0. The molecule has 0 bridgehead atoms. The van der Waals surface area contributed by atoms with Crippen molar-refractivity contribution in [2.45, 2.75) is 212 Å². The van der Waals surface area contributed by atoms with Gasteiger partial charge in [-0.05, 0) is 219 Å². The van der Waals surface area contributed by atoms with Gasteiger partial charge in [-0.1, -0.05) is 241 Å². The van der Waals surface area contributed by atoms with E-state index in [1.54, 1.807) is 35.6 Å². The molecule has 8 nitrogen and oxygen atoms in total. The van der Waals surface area contributed by atoms with Gasteiger partial charge in [-0.15, -0.1) is 45.3 Å². The largest absolute Gasteiger partial charge is 0.506 e. The van der Waals surface area contributed by atoms with Gasteiger partial charge in [-0.25, -0.2) is 37.8 Å². The summed E-state index contributed by atoms with van der Waals surface area (Å²) in [5.41, 5.74) is 10.7. The first-order chi connectivity index (χ1) is 61.5. The van der Waals surface area contributed by atoms with Crippen molar-refractivity contribution in [3.8, 4) is 43.1 Å². The fraction of sp³-hybridized carbons (Fsp3) is 0.309. The summed E-state index contributed by atoms with van der Waals surface area (Å²) in [6.07, 6.45) is 30.6. The molecule has 17 rings (SSSR count). The van der Waals surface area contributed by atoms with E-state index < -0.39 is 45.7 Å². The quantitative estimate of drug-likeness (QED) is 0.0141. The van der Waals surface area contributed by atoms with Gasteiger partial charge in [0, 0.05) is 65.1 Å². The highest BCUT2D eigenvalue weighted by molar-refractivity contribution is 7.29. The lowest BCUT2D eigenvalue weighted by Gasteiger charge is -2.34. The van der Waals surface area contributed by atoms with Crippen LogP contribution < -0.4 is 4.74 Å². The van der Waals surface area contributed by atoms with Crippen molar-refractivity contribution in [2.24, 2.45) is 0 Å². The van der Waals surface area contributed by atoms with Crippen LogP contribution >= 0.6 is 45.3 Å². The number of ether oxygens (including phenoxy) is 1. The number of allylic oxidation sites excluding steroid dienone is 6. The number of fused-ring (bicyclic) bond motifs is 14. The van der Waals surface area contributed by atoms with Crippen LogP contribution in [0.1, 0.15) is 284 Å². The third-order valence-electron chi connectivity index (χ3n) is 26.3. The molecule has 126 heavy (non-hydrogen) atoms. The molecule has 0 aliphatic heterocycles. The van der Waals surface area contributed by atoms with E-state index in [9.17, 15) is 15.6 Å². The van der Waals surface area contributed by atoms with Crippen LogP contribution in [0.2, 0.25) is 0 Å². The molecule has 4 aliphatic rings. The number of hydrogen-bond acceptors (Lipinski definition) is 10. The van der Waals surface area contributed by atoms with E-state index in [4.69, 9.17) is 17.9 Å². The molecular formula is C110H98F4N4O4S4. The van der Waals surface area contributed by atoms with Crippen LogP contribution in [0.25, 0.3) is 94.2 Å². The number of aromatic hydroxyl groups is 1. The highest BCUT2D eigenvalue weighted by atomic mass is 32.1. The van der Waals surface area contributed by atoms with Crippen LogP contribution in [-0.4, -0.2) is 23.3 Å². The average Bonchev–Trinajstić information content (AvgIpc) is 1.49. The van der Waals surface area contributed by atoms with Gasteiger partial charge in [0.25, 0.3) is 11.4 Å². The predicted octanol–water partition coefficient (Wildman–Crippen LogP) is 31.6. The number of thiophene rings is 4. The summed E-state index contributed by atoms with van der Waals surface area (Å²) in [5.74, 6) is -4.48. The SMILES string of the molecule is [C-]#[N+]/C(C#N)=C1\C(=C\c2cc3c(s2)-c2sc4c(OCCCCCCCC)c5c6c(sc5c(O)c4c2C3(c2ccc(CCCCCC)cc2)c2ccc(CCCCCC)cc2)-c2sc(/C=C3\C(=O)c4cc5cc(F)c(F)cc5cc4\C3=C(\C#N)[N+]#[C-])cc2C6(c2ccc(CCCCCC)cc2)c2ccc(CCCCCC)cc2)C(=O)c2cc3cc(F)c(F)cc3cc21. The number of unbranched alkanes of at least 4 members (excludes halogenated alkanes) is 17. The minimum absolute atomic E-state index is 0.0869. The maximum Gasteiger partial charge on any atom is 0.270 e. The maximum atomic E-state index is 15.4. The molecule has 0 saturated heterocycles. The Morgan fingerprint density at radius 3 is 1.06 bits per heavy atom. The molecule has 0 saturated carbocycles. The number of carbonyl (C=O) groups excluding carboxylic acids is 2. The number of nitrogens with zero attached hydrogens (tertiary/aromatic N) is 4. The van der Waals surface area contributed by atoms with Gasteiger partial charge >= 0.3 is 0 Å². The first kappa shape index (κ1) is 86.5. The Labute approximate surface area is 751 Å². The second-order valence-electron chi connectivity index (χ2n) is 34.3. The normalized spacial score (nSPS) is 15.3. The summed E-state index contributed by atoms with van der Waals surface area (Å²) in [5, 5.41) is 39.1. The number of rotatable bonds is 34. The monoisotopic (exact) mass is 1740 g/mol. The van der Waals surface area contributed by atoms with Crippen LogP contribution in [0.5, 0.6) is 11.5 Å². The Kier molecular flexibility index (Phi) is 25.5. The molecule has 0 amide bonds. The second-order valence-corrected chi connectivity index (χ2v) is 38.5. The summed E-state index contributed by atoms with van der Waals surface area (Å²) in [6.45, 7) is 28.2. The molecule has 13 aromatic rings. The summed E-state index contributed by atoms with van der Waals surface area (Å²) in [7, 11) is 0. The molecule has 0 spiro atoms. The lowest BCUT2D eigenvalue weighted by molar-refractivity contribution is 0.103. The zero-order valence-electron chi connectivity index (χ0n) is 71.9. The van der Waals surface area contributed by atoms with Crippen molar-refractivity contribution >= 4 is 122 Å². The Hall–Kier alpha value is -11.6. The minimum Gasteiger partial charge on any atom is -0.506 e. The van der Waals surface area contributed by atoms with E-state index in [0.29, 0.717) is 53.7 Å². The molecular weight excluding hydrogens is 1650 g/mol. The molecule has 4 aliphatic carbocycles. The van der Waals surface area contributed by atoms with E-state index in [0.717, 1.165) is 265 Å². The summed E-state index contributed by atoms with van der Waals surface area (Å²) in [4.78, 5) is 43.2. The Balaban J connectivity index is 0.964. The van der Waals surface area contributed by atoms with Crippen LogP contribution in [0.15, 0.2) is 180 Å². The van der Waals surface area contributed by atoms with Crippen molar-refractivity contribution in [1.29, 1.82) is 10.5 Å². The van der Waals surface area contributed by atoms with Gasteiger partial charge in [0.05, 0.1) is 71.6 Å². The minimum atomic E-state index is -1.19. The van der Waals surface area contributed by atoms with Crippen LogP contribution in [-0.2, 0) is 36.5 Å². The third kappa shape index (κ3) is 15.4. The van der Waals surface area contributed by atoms with Crippen LogP contribution in [0, 0.1) is 59.1 Å². The van der Waals surface area contributed by atoms with Crippen molar-refractivity contribution in [2.75, 3.05) is 6.61 Å². The van der Waals surface area contributed by atoms with Gasteiger partial charge in [0.2, 0.25) is 0 Å². The maximum absolute atomic E-state index is 15.4. The summed E-state index contributed by atoms with van der Waals surface area (Å²) < 4.78 is 69.6.